The average Bonchev–Trinajstić information content (AvgIpc) is 1.83. The molecule has 1 amide bonds. The molecule has 0 aliphatic rings. The van der Waals surface area contributed by atoms with Gasteiger partial charge in [0.2, 0.25) is 0 Å². The van der Waals surface area contributed by atoms with Crippen LogP contribution in [0.1, 0.15) is 6.92 Å². The topological polar surface area (TPSA) is 49.3 Å². The normalized spacial score (nSPS) is 12.2. The van der Waals surface area contributed by atoms with Gasteiger partial charge in [0.25, 0.3) is 5.91 Å². The van der Waals surface area contributed by atoms with Gasteiger partial charge in [-0.25, -0.2) is 0 Å². The van der Waals surface area contributed by atoms with E-state index in [1.54, 1.807) is 6.92 Å². The number of nitrogens with one attached hydrogen (secondary N) is 1. The van der Waals surface area contributed by atoms with E-state index in [9.17, 15) is 4.79 Å². The zero-order chi connectivity index (χ0) is 7.28. The van der Waals surface area contributed by atoms with Crippen molar-refractivity contribution in [1.29, 1.82) is 0 Å². The van der Waals surface area contributed by atoms with E-state index in [0.29, 0.717) is 0 Å². The van der Waals surface area contributed by atoms with Crippen molar-refractivity contribution >= 4 is 23.5 Å². The molecule has 0 aliphatic carbocycles. The van der Waals surface area contributed by atoms with Crippen LogP contribution in [0.4, 0.5) is 0 Å². The van der Waals surface area contributed by atoms with E-state index in [4.69, 9.17) is 5.11 Å². The number of aliphatic hydroxyl groups excluding tert-OH is 1. The van der Waals surface area contributed by atoms with Crippen LogP contribution in [0.3, 0.4) is 0 Å². The maximum absolute atomic E-state index is 10.3. The Balaban J connectivity index is 3.27. The summed E-state index contributed by atoms with van der Waals surface area (Å²) in [6.45, 7) is 1.84. The highest BCUT2D eigenvalue weighted by molar-refractivity contribution is 7.80. The molecule has 4 heteroatoms. The van der Waals surface area contributed by atoms with Crippen molar-refractivity contribution in [3.8, 4) is 0 Å². The number of thiocarbonyl (C=S) groups is 1. The van der Waals surface area contributed by atoms with Crippen molar-refractivity contribution < 1.29 is 9.90 Å². The zero-order valence-corrected chi connectivity index (χ0v) is 5.94. The van der Waals surface area contributed by atoms with Crippen LogP contribution in [-0.4, -0.2) is 29.0 Å². The predicted molar refractivity (Wildman–Crippen MR) is 38.3 cm³/mol. The molecule has 0 heterocycles. The van der Waals surface area contributed by atoms with Gasteiger partial charge in [-0.3, -0.25) is 4.79 Å². The standard InChI is InChI=1S/C5H9NO2S/c1-4(7)2-6-5(8)3-9/h3-4,7H,2H2,1H3,(H,6,8). The minimum atomic E-state index is -0.510. The van der Waals surface area contributed by atoms with Crippen LogP contribution >= 0.6 is 12.2 Å². The Kier molecular flexibility index (Phi) is 4.17. The lowest BCUT2D eigenvalue weighted by atomic mass is 10.4. The highest BCUT2D eigenvalue weighted by atomic mass is 32.1. The van der Waals surface area contributed by atoms with Crippen molar-refractivity contribution in [2.24, 2.45) is 0 Å². The molecule has 0 fully saturated rings. The molecule has 0 radical (unpaired) electrons. The molecule has 0 aliphatic heterocycles. The fraction of sp³-hybridized carbons (Fsp3) is 0.600. The summed E-state index contributed by atoms with van der Waals surface area (Å²) in [6, 6.07) is 0. The molecular formula is C5H9NO2S. The summed E-state index contributed by atoms with van der Waals surface area (Å²) in [6.07, 6.45) is -0.510. The molecular weight excluding hydrogens is 138 g/mol. The number of hydrogen-bond donors (Lipinski definition) is 2. The van der Waals surface area contributed by atoms with Gasteiger partial charge >= 0.3 is 0 Å². The minimum absolute atomic E-state index is 0.256. The van der Waals surface area contributed by atoms with Gasteiger partial charge in [-0.2, -0.15) is 0 Å². The van der Waals surface area contributed by atoms with Gasteiger partial charge in [-0.05, 0) is 6.92 Å². The Labute approximate surface area is 59.1 Å². The van der Waals surface area contributed by atoms with Gasteiger partial charge < -0.3 is 10.4 Å². The van der Waals surface area contributed by atoms with Crippen molar-refractivity contribution in [2.75, 3.05) is 6.54 Å². The SMILES string of the molecule is CC(O)CNC(=O)C=S. The average molecular weight is 147 g/mol. The van der Waals surface area contributed by atoms with Crippen LogP contribution in [0.25, 0.3) is 0 Å². The van der Waals surface area contributed by atoms with Gasteiger partial charge in [-0.15, -0.1) is 0 Å². The molecule has 52 valence electrons. The van der Waals surface area contributed by atoms with Gasteiger partial charge in [0, 0.05) is 6.54 Å². The Morgan fingerprint density at radius 2 is 2.56 bits per heavy atom. The summed E-state index contributed by atoms with van der Waals surface area (Å²) in [5.41, 5.74) is 0. The summed E-state index contributed by atoms with van der Waals surface area (Å²) in [5.74, 6) is -0.328. The van der Waals surface area contributed by atoms with Crippen LogP contribution in [0, 0.1) is 0 Å². The molecule has 1 atom stereocenters. The van der Waals surface area contributed by atoms with E-state index in [2.05, 4.69) is 17.5 Å². The van der Waals surface area contributed by atoms with E-state index in [1.165, 1.54) is 0 Å². The lowest BCUT2D eigenvalue weighted by Crippen LogP contribution is -2.30. The second-order valence-corrected chi connectivity index (χ2v) is 1.95. The van der Waals surface area contributed by atoms with Crippen molar-refractivity contribution in [1.82, 2.24) is 5.32 Å². The van der Waals surface area contributed by atoms with Crippen LogP contribution in [0.15, 0.2) is 0 Å². The molecule has 2 N–H and O–H groups in total. The molecule has 0 bridgehead atoms. The van der Waals surface area contributed by atoms with Crippen LogP contribution in [0.5, 0.6) is 0 Å². The number of rotatable bonds is 3. The summed E-state index contributed by atoms with van der Waals surface area (Å²) in [5, 5.41) is 12.0. The highest BCUT2D eigenvalue weighted by Gasteiger charge is 1.96. The third-order valence-electron chi connectivity index (χ3n) is 0.679. The summed E-state index contributed by atoms with van der Waals surface area (Å²) in [7, 11) is 0. The molecule has 0 saturated heterocycles. The largest absolute Gasteiger partial charge is 0.392 e. The monoisotopic (exact) mass is 147 g/mol. The highest BCUT2D eigenvalue weighted by Crippen LogP contribution is 1.73. The second kappa shape index (κ2) is 4.40. The first-order valence-electron chi connectivity index (χ1n) is 2.58. The molecule has 3 nitrogen and oxygen atoms in total. The lowest BCUT2D eigenvalue weighted by Gasteiger charge is -2.02. The summed E-state index contributed by atoms with van der Waals surface area (Å²) >= 11 is 4.31. The first-order valence-corrected chi connectivity index (χ1v) is 3.05. The predicted octanol–water partition coefficient (Wildman–Crippen LogP) is -0.517. The fourth-order valence-corrected chi connectivity index (χ4v) is 0.373. The van der Waals surface area contributed by atoms with Crippen molar-refractivity contribution in [3.05, 3.63) is 0 Å². The first-order chi connectivity index (χ1) is 4.16. The summed E-state index contributed by atoms with van der Waals surface area (Å²) in [4.78, 5) is 10.3. The Morgan fingerprint density at radius 3 is 2.89 bits per heavy atom. The number of amides is 1. The summed E-state index contributed by atoms with van der Waals surface area (Å²) < 4.78 is 0. The first kappa shape index (κ1) is 8.52. The van der Waals surface area contributed by atoms with E-state index in [0.717, 1.165) is 5.37 Å². The number of carbonyl (C=O) groups is 1. The smallest absolute Gasteiger partial charge is 0.254 e. The van der Waals surface area contributed by atoms with Gasteiger partial charge in [-0.1, -0.05) is 12.2 Å². The molecule has 0 spiro atoms. The lowest BCUT2D eigenvalue weighted by molar-refractivity contribution is -0.114. The molecule has 9 heavy (non-hydrogen) atoms. The Bertz CT molecular complexity index is 114. The van der Waals surface area contributed by atoms with E-state index in [1.807, 2.05) is 0 Å². The maximum Gasteiger partial charge on any atom is 0.254 e. The quantitative estimate of drug-likeness (QED) is 0.528. The van der Waals surface area contributed by atoms with Crippen LogP contribution in [0.2, 0.25) is 0 Å². The van der Waals surface area contributed by atoms with Crippen LogP contribution < -0.4 is 5.32 Å². The second-order valence-electron chi connectivity index (χ2n) is 1.71. The maximum atomic E-state index is 10.3. The number of hydrogen-bond acceptors (Lipinski definition) is 3. The van der Waals surface area contributed by atoms with E-state index >= 15 is 0 Å². The molecule has 0 aromatic rings. The number of carbonyl (C=O) groups excluding carboxylic acids is 1. The third kappa shape index (κ3) is 5.39. The molecule has 0 aromatic heterocycles. The number of aliphatic hydroxyl groups is 1. The van der Waals surface area contributed by atoms with Crippen molar-refractivity contribution in [2.45, 2.75) is 13.0 Å². The van der Waals surface area contributed by atoms with Gasteiger partial charge in [0.05, 0.1) is 11.5 Å². The third-order valence-corrected chi connectivity index (χ3v) is 0.893. The van der Waals surface area contributed by atoms with E-state index in [-0.39, 0.29) is 12.5 Å². The Hall–Kier alpha value is -0.480. The molecule has 0 saturated carbocycles. The zero-order valence-electron chi connectivity index (χ0n) is 5.13. The molecule has 1 unspecified atom stereocenters. The van der Waals surface area contributed by atoms with Gasteiger partial charge in [0.15, 0.2) is 0 Å². The molecule has 0 aromatic carbocycles. The van der Waals surface area contributed by atoms with Crippen molar-refractivity contribution in [3.63, 3.8) is 0 Å². The van der Waals surface area contributed by atoms with Gasteiger partial charge in [0.1, 0.15) is 0 Å². The molecule has 0 rings (SSSR count). The van der Waals surface area contributed by atoms with Crippen LogP contribution in [-0.2, 0) is 4.79 Å². The fourth-order valence-electron chi connectivity index (χ4n) is 0.290. The van der Waals surface area contributed by atoms with E-state index < -0.39 is 6.10 Å². The Morgan fingerprint density at radius 1 is 2.00 bits per heavy atom. The minimum Gasteiger partial charge on any atom is -0.392 e.